The lowest BCUT2D eigenvalue weighted by molar-refractivity contribution is 0.404. The number of hydrogen-bond acceptors (Lipinski definition) is 1. The summed E-state index contributed by atoms with van der Waals surface area (Å²) in [6, 6.07) is 0. The van der Waals surface area contributed by atoms with Gasteiger partial charge in [0.25, 0.3) is 0 Å². The molecule has 0 aliphatic heterocycles. The van der Waals surface area contributed by atoms with Crippen molar-refractivity contribution >= 4 is 8.32 Å². The monoisotopic (exact) mass is 212 g/mol. The van der Waals surface area contributed by atoms with Crippen LogP contribution in [0.5, 0.6) is 0 Å². The lowest BCUT2D eigenvalue weighted by atomic mass is 9.90. The Kier molecular flexibility index (Phi) is 3.46. The minimum Gasteiger partial charge on any atom is -0.547 e. The molecule has 0 aromatic rings. The normalized spacial score (nSPS) is 23.5. The second kappa shape index (κ2) is 4.09. The van der Waals surface area contributed by atoms with Crippen LogP contribution in [0.25, 0.3) is 0 Å². The molecule has 14 heavy (non-hydrogen) atoms. The average molecular weight is 212 g/mol. The van der Waals surface area contributed by atoms with Crippen molar-refractivity contribution in [2.75, 3.05) is 0 Å². The van der Waals surface area contributed by atoms with Gasteiger partial charge in [-0.2, -0.15) is 0 Å². The van der Waals surface area contributed by atoms with Crippen LogP contribution in [-0.4, -0.2) is 8.32 Å². The third-order valence-corrected chi connectivity index (χ3v) is 3.77. The molecule has 0 saturated carbocycles. The van der Waals surface area contributed by atoms with E-state index in [-0.39, 0.29) is 0 Å². The van der Waals surface area contributed by atoms with Gasteiger partial charge in [0.2, 0.25) is 8.32 Å². The first kappa shape index (κ1) is 11.8. The van der Waals surface area contributed by atoms with Crippen LogP contribution in [-0.2, 0) is 4.43 Å². The molecule has 1 atom stereocenters. The quantitative estimate of drug-likeness (QED) is 0.638. The van der Waals surface area contributed by atoms with Crippen molar-refractivity contribution in [3.8, 4) is 0 Å². The highest BCUT2D eigenvalue weighted by atomic mass is 28.4. The molecule has 1 rings (SSSR count). The molecule has 2 heteroatoms. The third kappa shape index (κ3) is 2.87. The van der Waals surface area contributed by atoms with Crippen molar-refractivity contribution in [1.29, 1.82) is 0 Å². The number of rotatable bonds is 3. The van der Waals surface area contributed by atoms with Crippen molar-refractivity contribution < 1.29 is 4.43 Å². The van der Waals surface area contributed by atoms with Crippen molar-refractivity contribution in [2.45, 2.75) is 53.3 Å². The van der Waals surface area contributed by atoms with Crippen molar-refractivity contribution in [3.05, 3.63) is 11.3 Å². The molecular formula is C12H24OSi. The summed E-state index contributed by atoms with van der Waals surface area (Å²) < 4.78 is 6.11. The van der Waals surface area contributed by atoms with Gasteiger partial charge in [-0.15, -0.1) is 0 Å². The first-order chi connectivity index (χ1) is 6.31. The Bertz CT molecular complexity index is 235. The van der Waals surface area contributed by atoms with E-state index in [9.17, 15) is 0 Å². The van der Waals surface area contributed by atoms with E-state index in [2.05, 4.69) is 40.4 Å². The maximum Gasteiger partial charge on any atom is 0.241 e. The fraction of sp³-hybridized carbons (Fsp3) is 0.833. The molecule has 1 aliphatic rings. The van der Waals surface area contributed by atoms with E-state index in [1.165, 1.54) is 24.2 Å². The smallest absolute Gasteiger partial charge is 0.241 e. The summed E-state index contributed by atoms with van der Waals surface area (Å²) in [5.74, 6) is 2.84. The van der Waals surface area contributed by atoms with Gasteiger partial charge in [-0.1, -0.05) is 13.8 Å². The fourth-order valence-electron chi connectivity index (χ4n) is 2.24. The molecule has 0 saturated heterocycles. The summed E-state index contributed by atoms with van der Waals surface area (Å²) in [6.07, 6.45) is 2.46. The highest BCUT2D eigenvalue weighted by Gasteiger charge is 2.28. The average Bonchev–Trinajstić information content (AvgIpc) is 2.29. The zero-order valence-electron chi connectivity index (χ0n) is 10.5. The van der Waals surface area contributed by atoms with E-state index in [4.69, 9.17) is 4.43 Å². The lowest BCUT2D eigenvalue weighted by Crippen LogP contribution is -2.24. The molecule has 0 aromatic heterocycles. The van der Waals surface area contributed by atoms with E-state index in [1.54, 1.807) is 0 Å². The summed E-state index contributed by atoms with van der Waals surface area (Å²) in [4.78, 5) is 0. The van der Waals surface area contributed by atoms with E-state index >= 15 is 0 Å². The van der Waals surface area contributed by atoms with Gasteiger partial charge >= 0.3 is 0 Å². The van der Waals surface area contributed by atoms with Gasteiger partial charge in [0.15, 0.2) is 0 Å². The number of hydrogen-bond donors (Lipinski definition) is 0. The van der Waals surface area contributed by atoms with Gasteiger partial charge in [-0.25, -0.2) is 0 Å². The Hall–Kier alpha value is -0.243. The van der Waals surface area contributed by atoms with Crippen LogP contribution in [0.2, 0.25) is 19.6 Å². The van der Waals surface area contributed by atoms with Crippen molar-refractivity contribution in [1.82, 2.24) is 0 Å². The Morgan fingerprint density at radius 1 is 1.29 bits per heavy atom. The highest BCUT2D eigenvalue weighted by Crippen LogP contribution is 2.37. The van der Waals surface area contributed by atoms with E-state index in [0.29, 0.717) is 0 Å². The maximum atomic E-state index is 6.11. The van der Waals surface area contributed by atoms with Gasteiger partial charge in [-0.05, 0) is 50.4 Å². The molecule has 0 N–H and O–H groups in total. The van der Waals surface area contributed by atoms with Gasteiger partial charge < -0.3 is 4.43 Å². The van der Waals surface area contributed by atoms with Crippen LogP contribution >= 0.6 is 0 Å². The zero-order chi connectivity index (χ0) is 10.9. The minimum absolute atomic E-state index is 0.762. The van der Waals surface area contributed by atoms with Crippen LogP contribution < -0.4 is 0 Å². The van der Waals surface area contributed by atoms with Gasteiger partial charge in [0, 0.05) is 6.42 Å². The second-order valence-electron chi connectivity index (χ2n) is 5.71. The number of allylic oxidation sites excluding steroid dienone is 2. The lowest BCUT2D eigenvalue weighted by Gasteiger charge is -2.21. The molecule has 0 bridgehead atoms. The summed E-state index contributed by atoms with van der Waals surface area (Å²) >= 11 is 0. The molecule has 0 heterocycles. The standard InChI is InChI=1S/C12H24OSi/c1-9(2)11-7-8-12(10(11)3)13-14(4,5)6/h9,11H,7-8H2,1-6H3/t11-/m0/s1. The van der Waals surface area contributed by atoms with Crippen molar-refractivity contribution in [2.24, 2.45) is 11.8 Å². The summed E-state index contributed by atoms with van der Waals surface area (Å²) in [6.45, 7) is 13.7. The second-order valence-corrected chi connectivity index (χ2v) is 10.1. The molecule has 1 nitrogen and oxygen atoms in total. The molecule has 0 fully saturated rings. The Morgan fingerprint density at radius 2 is 1.86 bits per heavy atom. The molecule has 0 spiro atoms. The predicted octanol–water partition coefficient (Wildman–Crippen LogP) is 4.18. The van der Waals surface area contributed by atoms with Crippen LogP contribution in [0, 0.1) is 11.8 Å². The van der Waals surface area contributed by atoms with Crippen LogP contribution in [0.4, 0.5) is 0 Å². The zero-order valence-corrected chi connectivity index (χ0v) is 11.5. The summed E-state index contributed by atoms with van der Waals surface area (Å²) in [5, 5.41) is 0. The molecule has 0 aromatic carbocycles. The van der Waals surface area contributed by atoms with E-state index < -0.39 is 8.32 Å². The van der Waals surface area contributed by atoms with Gasteiger partial charge in [0.1, 0.15) is 0 Å². The molecule has 0 unspecified atom stereocenters. The topological polar surface area (TPSA) is 9.23 Å². The van der Waals surface area contributed by atoms with Crippen LogP contribution in [0.1, 0.15) is 33.6 Å². The molecule has 0 radical (unpaired) electrons. The largest absolute Gasteiger partial charge is 0.547 e. The highest BCUT2D eigenvalue weighted by molar-refractivity contribution is 6.70. The Balaban J connectivity index is 2.71. The Morgan fingerprint density at radius 3 is 2.21 bits per heavy atom. The van der Waals surface area contributed by atoms with Gasteiger partial charge in [-0.3, -0.25) is 0 Å². The molecule has 1 aliphatic carbocycles. The van der Waals surface area contributed by atoms with E-state index in [1.807, 2.05) is 0 Å². The molecule has 82 valence electrons. The molecular weight excluding hydrogens is 188 g/mol. The minimum atomic E-state index is -1.39. The fourth-order valence-corrected chi connectivity index (χ4v) is 3.24. The predicted molar refractivity (Wildman–Crippen MR) is 64.7 cm³/mol. The first-order valence-electron chi connectivity index (χ1n) is 5.70. The summed E-state index contributed by atoms with van der Waals surface area (Å²) in [7, 11) is -1.39. The van der Waals surface area contributed by atoms with Crippen LogP contribution in [0.15, 0.2) is 11.3 Å². The van der Waals surface area contributed by atoms with E-state index in [0.717, 1.165) is 11.8 Å². The van der Waals surface area contributed by atoms with Crippen molar-refractivity contribution in [3.63, 3.8) is 0 Å². The van der Waals surface area contributed by atoms with Gasteiger partial charge in [0.05, 0.1) is 5.76 Å². The Labute approximate surface area is 89.7 Å². The first-order valence-corrected chi connectivity index (χ1v) is 9.11. The van der Waals surface area contributed by atoms with Crippen LogP contribution in [0.3, 0.4) is 0 Å². The SMILES string of the molecule is CC1=C(O[Si](C)(C)C)CC[C@H]1C(C)C. The maximum absolute atomic E-state index is 6.11. The summed E-state index contributed by atoms with van der Waals surface area (Å²) in [5.41, 5.74) is 1.52. The molecule has 0 amide bonds. The third-order valence-electron chi connectivity index (χ3n) is 2.91.